The number of rotatable bonds is 14. The zero-order valence-electron chi connectivity index (χ0n) is 16.5. The van der Waals surface area contributed by atoms with Crippen molar-refractivity contribution in [1.29, 1.82) is 0 Å². The van der Waals surface area contributed by atoms with Crippen molar-refractivity contribution >= 4 is 10.0 Å². The van der Waals surface area contributed by atoms with Crippen LogP contribution in [-0.2, 0) is 10.0 Å². The lowest BCUT2D eigenvalue weighted by Gasteiger charge is -2.20. The predicted octanol–water partition coefficient (Wildman–Crippen LogP) is 5.93. The van der Waals surface area contributed by atoms with Crippen LogP contribution in [0.25, 0.3) is 0 Å². The standard InChI is InChI=1S/C21H37NO2S/c1-4-6-7-8-9-10-11-12-13-14-19-22(5-2)25(23,24)21-17-15-20(3)16-18-21/h15-18H,4-14,19H2,1-3H3. The summed E-state index contributed by atoms with van der Waals surface area (Å²) < 4.78 is 27.0. The van der Waals surface area contributed by atoms with Crippen molar-refractivity contribution in [2.75, 3.05) is 13.1 Å². The molecule has 4 heteroatoms. The second-order valence-corrected chi connectivity index (χ2v) is 8.93. The summed E-state index contributed by atoms with van der Waals surface area (Å²) in [6, 6.07) is 7.15. The van der Waals surface area contributed by atoms with Crippen molar-refractivity contribution in [3.05, 3.63) is 29.8 Å². The molecular weight excluding hydrogens is 330 g/mol. The Hall–Kier alpha value is -0.870. The van der Waals surface area contributed by atoms with Gasteiger partial charge in [-0.2, -0.15) is 4.31 Å². The minimum absolute atomic E-state index is 0.409. The highest BCUT2D eigenvalue weighted by molar-refractivity contribution is 7.89. The van der Waals surface area contributed by atoms with E-state index >= 15 is 0 Å². The zero-order valence-corrected chi connectivity index (χ0v) is 17.3. The molecule has 0 heterocycles. The summed E-state index contributed by atoms with van der Waals surface area (Å²) >= 11 is 0. The van der Waals surface area contributed by atoms with E-state index in [0.717, 1.165) is 18.4 Å². The zero-order chi connectivity index (χ0) is 18.5. The number of aryl methyl sites for hydroxylation is 1. The Morgan fingerprint density at radius 3 is 1.72 bits per heavy atom. The van der Waals surface area contributed by atoms with Gasteiger partial charge in [0, 0.05) is 13.1 Å². The fourth-order valence-electron chi connectivity index (χ4n) is 3.08. The van der Waals surface area contributed by atoms with Crippen LogP contribution in [0.2, 0.25) is 0 Å². The van der Waals surface area contributed by atoms with Gasteiger partial charge in [-0.1, -0.05) is 89.3 Å². The molecule has 3 nitrogen and oxygen atoms in total. The van der Waals surface area contributed by atoms with Crippen molar-refractivity contribution < 1.29 is 8.42 Å². The van der Waals surface area contributed by atoms with Gasteiger partial charge in [0.1, 0.15) is 0 Å². The van der Waals surface area contributed by atoms with E-state index in [1.165, 1.54) is 51.4 Å². The SMILES string of the molecule is CCCCCCCCCCCCN(CC)S(=O)(=O)c1ccc(C)cc1. The van der Waals surface area contributed by atoms with Gasteiger partial charge in [0.15, 0.2) is 0 Å². The topological polar surface area (TPSA) is 37.4 Å². The normalized spacial score (nSPS) is 12.0. The Labute approximate surface area is 155 Å². The maximum absolute atomic E-state index is 12.7. The molecule has 0 aliphatic carbocycles. The summed E-state index contributed by atoms with van der Waals surface area (Å²) in [7, 11) is -3.34. The number of benzene rings is 1. The van der Waals surface area contributed by atoms with E-state index in [1.54, 1.807) is 16.4 Å². The lowest BCUT2D eigenvalue weighted by molar-refractivity contribution is 0.410. The van der Waals surface area contributed by atoms with Crippen molar-refractivity contribution in [2.24, 2.45) is 0 Å². The van der Waals surface area contributed by atoms with Crippen LogP contribution in [0.5, 0.6) is 0 Å². The van der Waals surface area contributed by atoms with E-state index in [2.05, 4.69) is 6.92 Å². The summed E-state index contributed by atoms with van der Waals surface area (Å²) in [6.07, 6.45) is 12.7. The molecule has 0 amide bonds. The highest BCUT2D eigenvalue weighted by atomic mass is 32.2. The third-order valence-electron chi connectivity index (χ3n) is 4.77. The van der Waals surface area contributed by atoms with Crippen LogP contribution in [0.3, 0.4) is 0 Å². The average molecular weight is 368 g/mol. The van der Waals surface area contributed by atoms with Gasteiger partial charge in [0.05, 0.1) is 4.90 Å². The summed E-state index contributed by atoms with van der Waals surface area (Å²) in [6.45, 7) is 7.30. The molecule has 0 unspecified atom stereocenters. The van der Waals surface area contributed by atoms with Crippen LogP contribution in [0.4, 0.5) is 0 Å². The molecule has 0 spiro atoms. The monoisotopic (exact) mass is 367 g/mol. The molecule has 0 aromatic heterocycles. The molecule has 144 valence electrons. The van der Waals surface area contributed by atoms with Gasteiger partial charge in [0.25, 0.3) is 0 Å². The van der Waals surface area contributed by atoms with E-state index in [1.807, 2.05) is 26.0 Å². The Morgan fingerprint density at radius 1 is 0.760 bits per heavy atom. The largest absolute Gasteiger partial charge is 0.243 e. The first-order chi connectivity index (χ1) is 12.0. The van der Waals surface area contributed by atoms with Crippen LogP contribution in [0.15, 0.2) is 29.2 Å². The number of hydrogen-bond acceptors (Lipinski definition) is 2. The second-order valence-electron chi connectivity index (χ2n) is 6.99. The molecule has 1 aromatic rings. The Morgan fingerprint density at radius 2 is 1.24 bits per heavy atom. The van der Waals surface area contributed by atoms with Gasteiger partial charge < -0.3 is 0 Å². The van der Waals surface area contributed by atoms with Crippen molar-refractivity contribution in [3.63, 3.8) is 0 Å². The van der Waals surface area contributed by atoms with Gasteiger partial charge in [-0.25, -0.2) is 8.42 Å². The lowest BCUT2D eigenvalue weighted by Crippen LogP contribution is -2.31. The number of nitrogens with zero attached hydrogens (tertiary/aromatic N) is 1. The fraction of sp³-hybridized carbons (Fsp3) is 0.714. The van der Waals surface area contributed by atoms with Crippen LogP contribution < -0.4 is 0 Å². The van der Waals surface area contributed by atoms with Crippen molar-refractivity contribution in [3.8, 4) is 0 Å². The smallest absolute Gasteiger partial charge is 0.207 e. The van der Waals surface area contributed by atoms with Crippen LogP contribution >= 0.6 is 0 Å². The number of hydrogen-bond donors (Lipinski definition) is 0. The molecule has 0 radical (unpaired) electrons. The van der Waals surface area contributed by atoms with E-state index in [0.29, 0.717) is 18.0 Å². The summed E-state index contributed by atoms with van der Waals surface area (Å²) in [5.74, 6) is 0. The summed E-state index contributed by atoms with van der Waals surface area (Å²) in [5.41, 5.74) is 1.08. The Balaban J connectivity index is 2.26. The van der Waals surface area contributed by atoms with Gasteiger partial charge in [-0.05, 0) is 25.5 Å². The van der Waals surface area contributed by atoms with E-state index < -0.39 is 10.0 Å². The van der Waals surface area contributed by atoms with E-state index in [9.17, 15) is 8.42 Å². The van der Waals surface area contributed by atoms with Crippen LogP contribution in [-0.4, -0.2) is 25.8 Å². The summed E-state index contributed by atoms with van der Waals surface area (Å²) in [4.78, 5) is 0.409. The molecule has 0 bridgehead atoms. The van der Waals surface area contributed by atoms with E-state index in [4.69, 9.17) is 0 Å². The molecule has 0 N–H and O–H groups in total. The minimum atomic E-state index is -3.34. The number of unbranched alkanes of at least 4 members (excludes halogenated alkanes) is 9. The quantitative estimate of drug-likeness (QED) is 0.382. The molecular formula is C21H37NO2S. The third-order valence-corrected chi connectivity index (χ3v) is 6.76. The minimum Gasteiger partial charge on any atom is -0.207 e. The highest BCUT2D eigenvalue weighted by Gasteiger charge is 2.22. The van der Waals surface area contributed by atoms with Crippen molar-refractivity contribution in [1.82, 2.24) is 4.31 Å². The van der Waals surface area contributed by atoms with Crippen LogP contribution in [0.1, 0.15) is 83.6 Å². The maximum Gasteiger partial charge on any atom is 0.243 e. The maximum atomic E-state index is 12.7. The molecule has 1 rings (SSSR count). The molecule has 1 aromatic carbocycles. The first kappa shape index (κ1) is 22.2. The molecule has 0 aliphatic heterocycles. The molecule has 0 aliphatic rings. The molecule has 0 saturated heterocycles. The van der Waals surface area contributed by atoms with Gasteiger partial charge in [-0.3, -0.25) is 0 Å². The number of sulfonamides is 1. The van der Waals surface area contributed by atoms with E-state index in [-0.39, 0.29) is 0 Å². The van der Waals surface area contributed by atoms with Gasteiger partial charge in [-0.15, -0.1) is 0 Å². The Bertz CT molecular complexity index is 552. The van der Waals surface area contributed by atoms with Gasteiger partial charge in [0.2, 0.25) is 10.0 Å². The highest BCUT2D eigenvalue weighted by Crippen LogP contribution is 2.17. The van der Waals surface area contributed by atoms with Crippen LogP contribution in [0, 0.1) is 6.92 Å². The first-order valence-corrected chi connectivity index (χ1v) is 11.5. The second kappa shape index (κ2) is 12.5. The average Bonchev–Trinajstić information content (AvgIpc) is 2.60. The Kier molecular flexibility index (Phi) is 11.1. The van der Waals surface area contributed by atoms with Crippen molar-refractivity contribution in [2.45, 2.75) is 89.9 Å². The summed E-state index contributed by atoms with van der Waals surface area (Å²) in [5, 5.41) is 0. The molecule has 0 fully saturated rings. The molecule has 0 saturated carbocycles. The third kappa shape index (κ3) is 8.37. The fourth-order valence-corrected chi connectivity index (χ4v) is 4.57. The lowest BCUT2D eigenvalue weighted by atomic mass is 10.1. The molecule has 0 atom stereocenters. The molecule has 25 heavy (non-hydrogen) atoms. The first-order valence-electron chi connectivity index (χ1n) is 10.1. The van der Waals surface area contributed by atoms with Gasteiger partial charge >= 0.3 is 0 Å². The predicted molar refractivity (Wildman–Crippen MR) is 107 cm³/mol.